The molecular formula is C26H32O7. The second-order valence-electron chi connectivity index (χ2n) is 8.04. The number of ether oxygens (including phenoxy) is 6. The second kappa shape index (κ2) is 11.5. The zero-order valence-corrected chi connectivity index (χ0v) is 19.4. The number of carbonyl (C=O) groups excluding carboxylic acids is 1. The number of Topliss-reactive ketones (excluding diaryl/α,β-unsaturated/α-hetero) is 1. The molecule has 1 heterocycles. The van der Waals surface area contributed by atoms with Gasteiger partial charge >= 0.3 is 0 Å². The maximum atomic E-state index is 12.6. The van der Waals surface area contributed by atoms with Crippen LogP contribution in [-0.2, 0) is 32.0 Å². The summed E-state index contributed by atoms with van der Waals surface area (Å²) >= 11 is 0. The number of benzene rings is 2. The van der Waals surface area contributed by atoms with Gasteiger partial charge in [-0.25, -0.2) is 0 Å². The van der Waals surface area contributed by atoms with Gasteiger partial charge in [0.05, 0.1) is 39.6 Å². The summed E-state index contributed by atoms with van der Waals surface area (Å²) in [5.41, 5.74) is 4.13. The molecule has 178 valence electrons. The summed E-state index contributed by atoms with van der Waals surface area (Å²) in [5, 5.41) is 0. The quantitative estimate of drug-likeness (QED) is 0.447. The first kappa shape index (κ1) is 23.5. The van der Waals surface area contributed by atoms with Crippen molar-refractivity contribution in [2.24, 2.45) is 0 Å². The van der Waals surface area contributed by atoms with Crippen LogP contribution in [0.25, 0.3) is 0 Å². The predicted molar refractivity (Wildman–Crippen MR) is 122 cm³/mol. The van der Waals surface area contributed by atoms with Crippen LogP contribution in [0.1, 0.15) is 48.4 Å². The van der Waals surface area contributed by atoms with Crippen LogP contribution in [0.4, 0.5) is 0 Å². The monoisotopic (exact) mass is 456 g/mol. The molecule has 4 rings (SSSR count). The van der Waals surface area contributed by atoms with Gasteiger partial charge in [-0.1, -0.05) is 12.1 Å². The van der Waals surface area contributed by atoms with Gasteiger partial charge in [0.1, 0.15) is 11.5 Å². The van der Waals surface area contributed by atoms with E-state index in [1.807, 2.05) is 38.1 Å². The smallest absolute Gasteiger partial charge is 0.231 e. The highest BCUT2D eigenvalue weighted by atomic mass is 16.7. The van der Waals surface area contributed by atoms with Gasteiger partial charge in [-0.15, -0.1) is 0 Å². The van der Waals surface area contributed by atoms with E-state index in [0.29, 0.717) is 64.8 Å². The Labute approximate surface area is 194 Å². The summed E-state index contributed by atoms with van der Waals surface area (Å²) in [5.74, 6) is 2.37. The lowest BCUT2D eigenvalue weighted by Gasteiger charge is -2.27. The van der Waals surface area contributed by atoms with Crippen LogP contribution >= 0.6 is 0 Å². The van der Waals surface area contributed by atoms with Gasteiger partial charge in [-0.3, -0.25) is 4.79 Å². The van der Waals surface area contributed by atoms with E-state index in [0.717, 1.165) is 33.8 Å². The summed E-state index contributed by atoms with van der Waals surface area (Å²) in [4.78, 5) is 12.6. The Bertz CT molecular complexity index is 956. The first-order valence-corrected chi connectivity index (χ1v) is 11.6. The van der Waals surface area contributed by atoms with E-state index < -0.39 is 0 Å². The molecule has 0 spiro atoms. The van der Waals surface area contributed by atoms with E-state index in [4.69, 9.17) is 28.4 Å². The fourth-order valence-corrected chi connectivity index (χ4v) is 4.29. The average Bonchev–Trinajstić information content (AvgIpc) is 3.27. The Hall–Kier alpha value is -2.61. The highest BCUT2D eigenvalue weighted by molar-refractivity contribution is 5.85. The lowest BCUT2D eigenvalue weighted by Crippen LogP contribution is -2.20. The Morgan fingerprint density at radius 1 is 0.879 bits per heavy atom. The Kier molecular flexibility index (Phi) is 8.20. The maximum absolute atomic E-state index is 12.6. The van der Waals surface area contributed by atoms with Crippen LogP contribution < -0.4 is 14.2 Å². The number of carbonyl (C=O) groups is 1. The summed E-state index contributed by atoms with van der Waals surface area (Å²) in [6, 6.07) is 10.1. The zero-order valence-electron chi connectivity index (χ0n) is 19.4. The fourth-order valence-electron chi connectivity index (χ4n) is 4.29. The molecule has 0 saturated carbocycles. The third kappa shape index (κ3) is 5.85. The van der Waals surface area contributed by atoms with E-state index in [1.54, 1.807) is 0 Å². The summed E-state index contributed by atoms with van der Waals surface area (Å²) in [7, 11) is 0. The van der Waals surface area contributed by atoms with Crippen LogP contribution in [0.2, 0.25) is 0 Å². The minimum Gasteiger partial charge on any atom is -0.494 e. The molecule has 1 atom stereocenters. The lowest BCUT2D eigenvalue weighted by molar-refractivity contribution is -0.119. The van der Waals surface area contributed by atoms with Crippen molar-refractivity contribution >= 4 is 5.78 Å². The molecule has 2 aliphatic rings. The highest BCUT2D eigenvalue weighted by Gasteiger charge is 2.31. The third-order valence-corrected chi connectivity index (χ3v) is 5.80. The van der Waals surface area contributed by atoms with Crippen molar-refractivity contribution in [1.82, 2.24) is 0 Å². The highest BCUT2D eigenvalue weighted by Crippen LogP contribution is 2.45. The fraction of sp³-hybridized carbons (Fsp3) is 0.500. The minimum absolute atomic E-state index is 0.0778. The predicted octanol–water partition coefficient (Wildman–Crippen LogP) is 4.03. The van der Waals surface area contributed by atoms with Gasteiger partial charge in [0, 0.05) is 30.9 Å². The average molecular weight is 457 g/mol. The molecule has 0 radical (unpaired) electrons. The number of hydrogen-bond donors (Lipinski definition) is 0. The number of ketones is 1. The Balaban J connectivity index is 1.45. The number of fused-ring (bicyclic) bond motifs is 2. The van der Waals surface area contributed by atoms with Gasteiger partial charge in [0.15, 0.2) is 11.5 Å². The molecule has 0 fully saturated rings. The van der Waals surface area contributed by atoms with Gasteiger partial charge in [-0.05, 0) is 48.7 Å². The van der Waals surface area contributed by atoms with E-state index >= 15 is 0 Å². The molecule has 0 bridgehead atoms. The molecule has 2 aromatic carbocycles. The maximum Gasteiger partial charge on any atom is 0.231 e. The molecule has 0 aromatic heterocycles. The first-order chi connectivity index (χ1) is 16.2. The molecule has 0 amide bonds. The summed E-state index contributed by atoms with van der Waals surface area (Å²) < 4.78 is 33.6. The van der Waals surface area contributed by atoms with Crippen LogP contribution in [0.15, 0.2) is 30.3 Å². The standard InChI is InChI=1S/C26H32O7/c1-3-28-7-8-29-9-10-30-16-18-5-6-21(24(11-18)31-4-2)23-14-20(27)12-19-13-25-26(15-22(19)23)33-17-32-25/h5-6,11,13,15,23H,3-4,7-10,12,14,16-17H2,1-2H3. The molecule has 0 saturated heterocycles. The Morgan fingerprint density at radius 2 is 1.64 bits per heavy atom. The molecule has 1 aliphatic heterocycles. The summed E-state index contributed by atoms with van der Waals surface area (Å²) in [6.07, 6.45) is 0.868. The Morgan fingerprint density at radius 3 is 2.42 bits per heavy atom. The zero-order chi connectivity index (χ0) is 23.0. The number of rotatable bonds is 12. The van der Waals surface area contributed by atoms with Crippen LogP contribution in [0, 0.1) is 0 Å². The van der Waals surface area contributed by atoms with Crippen molar-refractivity contribution in [3.05, 3.63) is 52.6 Å². The minimum atomic E-state index is -0.0778. The molecule has 1 aliphatic carbocycles. The first-order valence-electron chi connectivity index (χ1n) is 11.6. The van der Waals surface area contributed by atoms with Crippen LogP contribution in [-0.4, -0.2) is 52.2 Å². The van der Waals surface area contributed by atoms with Crippen molar-refractivity contribution in [1.29, 1.82) is 0 Å². The van der Waals surface area contributed by atoms with E-state index in [1.165, 1.54) is 0 Å². The van der Waals surface area contributed by atoms with Gasteiger partial charge in [-0.2, -0.15) is 0 Å². The normalized spacial score (nSPS) is 16.7. The summed E-state index contributed by atoms with van der Waals surface area (Å²) in [6.45, 7) is 8.06. The molecule has 33 heavy (non-hydrogen) atoms. The third-order valence-electron chi connectivity index (χ3n) is 5.80. The van der Waals surface area contributed by atoms with Gasteiger partial charge in [0.25, 0.3) is 0 Å². The van der Waals surface area contributed by atoms with E-state index in [9.17, 15) is 4.79 Å². The largest absolute Gasteiger partial charge is 0.494 e. The molecule has 2 aromatic rings. The molecule has 1 unspecified atom stereocenters. The van der Waals surface area contributed by atoms with Crippen molar-refractivity contribution < 1.29 is 33.2 Å². The molecule has 0 N–H and O–H groups in total. The van der Waals surface area contributed by atoms with Crippen molar-refractivity contribution in [3.8, 4) is 17.2 Å². The van der Waals surface area contributed by atoms with E-state index in [-0.39, 0.29) is 18.5 Å². The van der Waals surface area contributed by atoms with Crippen molar-refractivity contribution in [2.75, 3.05) is 46.4 Å². The number of hydrogen-bond acceptors (Lipinski definition) is 7. The molecule has 7 nitrogen and oxygen atoms in total. The van der Waals surface area contributed by atoms with Gasteiger partial charge < -0.3 is 28.4 Å². The molecular weight excluding hydrogens is 424 g/mol. The lowest BCUT2D eigenvalue weighted by atomic mass is 9.77. The SMILES string of the molecule is CCOCCOCCOCc1ccc(C2CC(=O)Cc3cc4c(cc32)OCO4)c(OCC)c1. The van der Waals surface area contributed by atoms with Crippen molar-refractivity contribution in [2.45, 2.75) is 39.2 Å². The van der Waals surface area contributed by atoms with E-state index in [2.05, 4.69) is 6.07 Å². The second-order valence-corrected chi connectivity index (χ2v) is 8.04. The van der Waals surface area contributed by atoms with Crippen LogP contribution in [0.3, 0.4) is 0 Å². The molecule has 7 heteroatoms. The van der Waals surface area contributed by atoms with Gasteiger partial charge in [0.2, 0.25) is 6.79 Å². The topological polar surface area (TPSA) is 72.5 Å². The van der Waals surface area contributed by atoms with Crippen LogP contribution in [0.5, 0.6) is 17.2 Å². The van der Waals surface area contributed by atoms with Crippen molar-refractivity contribution in [3.63, 3.8) is 0 Å².